The van der Waals surface area contributed by atoms with Crippen LogP contribution in [-0.2, 0) is 40.0 Å². The largest absolute Gasteiger partial charge is 0.475 e. The fourth-order valence-electron chi connectivity index (χ4n) is 2.55. The van der Waals surface area contributed by atoms with Gasteiger partial charge in [-0.3, -0.25) is 13.6 Å². The zero-order valence-electron chi connectivity index (χ0n) is 17.7. The van der Waals surface area contributed by atoms with Crippen LogP contribution in [0, 0.1) is 5.41 Å². The molecule has 1 aromatic carbocycles. The molecular formula is C20H31O6PSi2. The van der Waals surface area contributed by atoms with Crippen LogP contribution in [0.5, 0.6) is 0 Å². The lowest BCUT2D eigenvalue weighted by Crippen LogP contribution is -2.37. The van der Waals surface area contributed by atoms with E-state index in [0.29, 0.717) is 25.9 Å². The predicted molar refractivity (Wildman–Crippen MR) is 118 cm³/mol. The van der Waals surface area contributed by atoms with Crippen LogP contribution < -0.4 is 0 Å². The number of hydrogen-bond donors (Lipinski definition) is 0. The highest BCUT2D eigenvalue weighted by atomic mass is 31.2. The Labute approximate surface area is 180 Å². The van der Waals surface area contributed by atoms with Crippen molar-refractivity contribution in [3.8, 4) is 0 Å². The third kappa shape index (κ3) is 9.23. The van der Waals surface area contributed by atoms with Gasteiger partial charge in [-0.15, -0.1) is 13.2 Å². The van der Waals surface area contributed by atoms with Crippen molar-refractivity contribution in [2.45, 2.75) is 46.3 Å². The van der Waals surface area contributed by atoms with Gasteiger partial charge in [0, 0.05) is 5.41 Å². The van der Waals surface area contributed by atoms with E-state index in [0.717, 1.165) is 11.1 Å². The molecule has 160 valence electrons. The molecule has 0 N–H and O–H groups in total. The van der Waals surface area contributed by atoms with Crippen molar-refractivity contribution in [1.82, 2.24) is 0 Å². The average Bonchev–Trinajstić information content (AvgIpc) is 2.70. The summed E-state index contributed by atoms with van der Waals surface area (Å²) >= 11 is 0. The van der Waals surface area contributed by atoms with E-state index in [1.54, 1.807) is 0 Å². The second-order valence-electron chi connectivity index (χ2n) is 6.80. The summed E-state index contributed by atoms with van der Waals surface area (Å²) in [6, 6.07) is 7.86. The number of phosphoric acid groups is 1. The summed E-state index contributed by atoms with van der Waals surface area (Å²) in [5, 5.41) is 0. The minimum absolute atomic E-state index is 0.0645. The van der Waals surface area contributed by atoms with Crippen molar-refractivity contribution in [3.05, 3.63) is 60.7 Å². The van der Waals surface area contributed by atoms with Crippen LogP contribution in [0.3, 0.4) is 0 Å². The molecule has 0 saturated heterocycles. The molecule has 0 aliphatic carbocycles. The van der Waals surface area contributed by atoms with E-state index < -0.39 is 7.82 Å². The molecule has 6 nitrogen and oxygen atoms in total. The zero-order chi connectivity index (χ0) is 21.8. The number of benzene rings is 1. The van der Waals surface area contributed by atoms with Crippen LogP contribution in [0.25, 0.3) is 0 Å². The van der Waals surface area contributed by atoms with Crippen LogP contribution in [0.4, 0.5) is 0 Å². The average molecular weight is 455 g/mol. The quantitative estimate of drug-likeness (QED) is 0.152. The normalized spacial score (nSPS) is 12.3. The van der Waals surface area contributed by atoms with Crippen LogP contribution in [-0.4, -0.2) is 39.0 Å². The summed E-state index contributed by atoms with van der Waals surface area (Å²) in [5.41, 5.74) is 1.71. The van der Waals surface area contributed by atoms with Gasteiger partial charge in [0.15, 0.2) is 0 Å². The Morgan fingerprint density at radius 3 is 2.00 bits per heavy atom. The van der Waals surface area contributed by atoms with Gasteiger partial charge in [0.1, 0.15) is 6.29 Å². The molecule has 9 heteroatoms. The van der Waals surface area contributed by atoms with Gasteiger partial charge in [-0.25, -0.2) is 4.57 Å². The maximum Gasteiger partial charge on any atom is 0.475 e. The molecular weight excluding hydrogens is 423 g/mol. The Balaban J connectivity index is 2.95. The van der Waals surface area contributed by atoms with Crippen molar-refractivity contribution in [2.24, 2.45) is 5.41 Å². The van der Waals surface area contributed by atoms with Gasteiger partial charge < -0.3 is 8.85 Å². The zero-order valence-corrected chi connectivity index (χ0v) is 20.6. The Hall–Kier alpha value is -0.836. The molecule has 0 unspecified atom stereocenters. The Morgan fingerprint density at radius 1 is 1.00 bits per heavy atom. The molecule has 0 aliphatic heterocycles. The van der Waals surface area contributed by atoms with E-state index in [2.05, 4.69) is 27.0 Å². The van der Waals surface area contributed by atoms with Gasteiger partial charge in [-0.2, -0.15) is 0 Å². The third-order valence-corrected chi connectivity index (χ3v) is 6.21. The second kappa shape index (κ2) is 13.5. The maximum atomic E-state index is 12.8. The topological polar surface area (TPSA) is 63.2 Å². The molecule has 0 aliphatic rings. The van der Waals surface area contributed by atoms with Gasteiger partial charge >= 0.3 is 7.82 Å². The van der Waals surface area contributed by atoms with Gasteiger partial charge in [0.05, 0.1) is 19.8 Å². The van der Waals surface area contributed by atoms with Crippen molar-refractivity contribution >= 4 is 27.3 Å². The standard InChI is InChI=1S/C20H31O6PSi2/c1-7-13-22-27(21,23-14-8-2)24-16-18-12-10-9-11-17(18)15-20(3,4)19(25-28-5)26-29-6/h7-12,19H,1-2,13-16H2,3-6H3. The molecule has 1 aromatic rings. The maximum absolute atomic E-state index is 12.8. The Morgan fingerprint density at radius 2 is 1.52 bits per heavy atom. The number of hydrogen-bond acceptors (Lipinski definition) is 6. The first kappa shape index (κ1) is 26.2. The molecule has 0 aromatic heterocycles. The Kier molecular flexibility index (Phi) is 12.2. The van der Waals surface area contributed by atoms with E-state index in [1.807, 2.05) is 37.4 Å². The molecule has 29 heavy (non-hydrogen) atoms. The molecule has 0 fully saturated rings. The van der Waals surface area contributed by atoms with Crippen molar-refractivity contribution in [2.75, 3.05) is 13.2 Å². The predicted octanol–water partition coefficient (Wildman–Crippen LogP) is 4.98. The summed E-state index contributed by atoms with van der Waals surface area (Å²) in [7, 11) is -3.04. The molecule has 0 amide bonds. The first-order chi connectivity index (χ1) is 13.8. The summed E-state index contributed by atoms with van der Waals surface area (Å²) in [6.07, 6.45) is 3.39. The van der Waals surface area contributed by atoms with Gasteiger partial charge in [-0.1, -0.05) is 50.3 Å². The van der Waals surface area contributed by atoms with E-state index in [1.165, 1.54) is 12.2 Å². The molecule has 1 rings (SSSR count). The monoisotopic (exact) mass is 454 g/mol. The highest BCUT2D eigenvalue weighted by Crippen LogP contribution is 2.50. The summed E-state index contributed by atoms with van der Waals surface area (Å²) in [6.45, 7) is 15.5. The van der Waals surface area contributed by atoms with Crippen molar-refractivity contribution in [1.29, 1.82) is 0 Å². The van der Waals surface area contributed by atoms with E-state index >= 15 is 0 Å². The first-order valence-corrected chi connectivity index (χ1v) is 13.6. The minimum Gasteiger partial charge on any atom is -0.394 e. The molecule has 0 saturated carbocycles. The lowest BCUT2D eigenvalue weighted by atomic mass is 9.83. The Bertz CT molecular complexity index is 661. The van der Waals surface area contributed by atoms with Crippen LogP contribution in [0.2, 0.25) is 13.1 Å². The lowest BCUT2D eigenvalue weighted by Gasteiger charge is -2.34. The van der Waals surface area contributed by atoms with E-state index in [4.69, 9.17) is 22.4 Å². The SMILES string of the molecule is C=CCOP(=O)(OCC=C)OCc1ccccc1CC(C)(C)C(O[Si]C)O[Si]C. The van der Waals surface area contributed by atoms with Crippen molar-refractivity contribution in [3.63, 3.8) is 0 Å². The van der Waals surface area contributed by atoms with E-state index in [9.17, 15) is 4.57 Å². The lowest BCUT2D eigenvalue weighted by molar-refractivity contribution is -0.0784. The summed E-state index contributed by atoms with van der Waals surface area (Å²) in [4.78, 5) is 0. The molecule has 0 heterocycles. The van der Waals surface area contributed by atoms with Crippen LogP contribution in [0.1, 0.15) is 25.0 Å². The summed E-state index contributed by atoms with van der Waals surface area (Å²) < 4.78 is 40.6. The van der Waals surface area contributed by atoms with Gasteiger partial charge in [0.2, 0.25) is 19.5 Å². The highest BCUT2D eigenvalue weighted by molar-refractivity contribution is 7.48. The van der Waals surface area contributed by atoms with E-state index in [-0.39, 0.29) is 31.5 Å². The van der Waals surface area contributed by atoms with Crippen LogP contribution in [0.15, 0.2) is 49.6 Å². The van der Waals surface area contributed by atoms with Crippen LogP contribution >= 0.6 is 7.82 Å². The molecule has 0 atom stereocenters. The first-order valence-electron chi connectivity index (χ1n) is 9.29. The smallest absolute Gasteiger partial charge is 0.394 e. The second-order valence-corrected chi connectivity index (χ2v) is 9.76. The minimum atomic E-state index is -3.72. The van der Waals surface area contributed by atoms with Gasteiger partial charge in [-0.05, 0) is 30.6 Å². The molecule has 0 spiro atoms. The van der Waals surface area contributed by atoms with Crippen molar-refractivity contribution < 1.29 is 27.0 Å². The number of rotatable bonds is 16. The highest BCUT2D eigenvalue weighted by Gasteiger charge is 2.32. The molecule has 4 radical (unpaired) electrons. The fourth-order valence-corrected chi connectivity index (χ4v) is 4.91. The summed E-state index contributed by atoms with van der Waals surface area (Å²) in [5.74, 6) is 0. The molecule has 0 bridgehead atoms. The fraction of sp³-hybridized carbons (Fsp3) is 0.500. The third-order valence-electron chi connectivity index (χ3n) is 3.93. The number of phosphoric ester groups is 1. The van der Waals surface area contributed by atoms with Gasteiger partial charge in [0.25, 0.3) is 0 Å².